The number of rotatable bonds is 4. The van der Waals surface area contributed by atoms with Crippen LogP contribution in [0.25, 0.3) is 0 Å². The molecule has 3 N–H and O–H groups in total. The Morgan fingerprint density at radius 2 is 1.84 bits per heavy atom. The molecule has 2 rings (SSSR count). The van der Waals surface area contributed by atoms with Crippen LogP contribution in [0.2, 0.25) is 5.02 Å². The number of halogens is 2. The molecule has 0 radical (unpaired) electrons. The molecule has 4 heteroatoms. The van der Waals surface area contributed by atoms with Crippen molar-refractivity contribution in [2.75, 3.05) is 6.54 Å². The van der Waals surface area contributed by atoms with Gasteiger partial charge in [0.25, 0.3) is 0 Å². The Morgan fingerprint density at radius 3 is 2.42 bits per heavy atom. The highest BCUT2D eigenvalue weighted by Crippen LogP contribution is 2.34. The van der Waals surface area contributed by atoms with E-state index in [0.29, 0.717) is 5.56 Å². The minimum atomic E-state index is -0.769. The maximum absolute atomic E-state index is 13.1. The largest absolute Gasteiger partial charge is 0.388 e. The molecule has 0 amide bonds. The van der Waals surface area contributed by atoms with Gasteiger partial charge >= 0.3 is 0 Å². The number of nitrogens with two attached hydrogens (primary N) is 1. The van der Waals surface area contributed by atoms with E-state index in [1.807, 2.05) is 30.3 Å². The molecule has 0 aliphatic heterocycles. The summed E-state index contributed by atoms with van der Waals surface area (Å²) in [5, 5.41) is 10.7. The van der Waals surface area contributed by atoms with Crippen LogP contribution in [0.3, 0.4) is 0 Å². The van der Waals surface area contributed by atoms with Crippen molar-refractivity contribution in [3.63, 3.8) is 0 Å². The quantitative estimate of drug-likeness (QED) is 0.902. The van der Waals surface area contributed by atoms with E-state index in [1.54, 1.807) is 6.07 Å². The summed E-state index contributed by atoms with van der Waals surface area (Å²) < 4.78 is 13.1. The molecule has 0 saturated heterocycles. The third-order valence-corrected chi connectivity index (χ3v) is 3.47. The topological polar surface area (TPSA) is 46.2 Å². The second-order valence-corrected chi connectivity index (χ2v) is 4.77. The summed E-state index contributed by atoms with van der Waals surface area (Å²) in [5.74, 6) is -0.769. The third-order valence-electron chi connectivity index (χ3n) is 3.14. The van der Waals surface area contributed by atoms with Gasteiger partial charge in [-0.3, -0.25) is 0 Å². The van der Waals surface area contributed by atoms with E-state index in [2.05, 4.69) is 0 Å². The van der Waals surface area contributed by atoms with Crippen molar-refractivity contribution >= 4 is 11.6 Å². The Kier molecular flexibility index (Phi) is 4.53. The fourth-order valence-electron chi connectivity index (χ4n) is 2.11. The van der Waals surface area contributed by atoms with Crippen molar-refractivity contribution < 1.29 is 9.50 Å². The lowest BCUT2D eigenvalue weighted by Gasteiger charge is -2.23. The van der Waals surface area contributed by atoms with Gasteiger partial charge in [-0.05, 0) is 23.3 Å². The van der Waals surface area contributed by atoms with Crippen molar-refractivity contribution in [2.45, 2.75) is 12.0 Å². The molecular weight excluding hydrogens is 265 g/mol. The summed E-state index contributed by atoms with van der Waals surface area (Å²) in [5.41, 5.74) is 7.15. The van der Waals surface area contributed by atoms with Crippen LogP contribution < -0.4 is 5.73 Å². The summed E-state index contributed by atoms with van der Waals surface area (Å²) in [7, 11) is 0. The van der Waals surface area contributed by atoms with Crippen LogP contribution in [0.1, 0.15) is 23.1 Å². The number of hydrogen-bond donors (Lipinski definition) is 2. The van der Waals surface area contributed by atoms with Crippen LogP contribution in [0.15, 0.2) is 48.5 Å². The van der Waals surface area contributed by atoms with Gasteiger partial charge in [-0.1, -0.05) is 48.0 Å². The van der Waals surface area contributed by atoms with Crippen LogP contribution in [0, 0.1) is 5.82 Å². The molecule has 0 heterocycles. The van der Waals surface area contributed by atoms with Crippen LogP contribution >= 0.6 is 11.6 Å². The second-order valence-electron chi connectivity index (χ2n) is 4.36. The smallest absolute Gasteiger partial charge is 0.124 e. The molecule has 0 aromatic heterocycles. The van der Waals surface area contributed by atoms with E-state index < -0.39 is 11.9 Å². The van der Waals surface area contributed by atoms with Crippen LogP contribution in [-0.4, -0.2) is 11.7 Å². The first-order chi connectivity index (χ1) is 9.13. The summed E-state index contributed by atoms with van der Waals surface area (Å²) in [6.45, 7) is 0.224. The standard InChI is InChI=1S/C15H15ClFNO/c16-14-8-11(17)6-7-12(14)13(9-18)15(19)10-4-2-1-3-5-10/h1-8,13,15,19H,9,18H2. The maximum Gasteiger partial charge on any atom is 0.124 e. The summed E-state index contributed by atoms with van der Waals surface area (Å²) in [6.07, 6.45) is -0.769. The Bertz CT molecular complexity index is 547. The molecule has 2 aromatic carbocycles. The number of hydrogen-bond acceptors (Lipinski definition) is 2. The molecule has 0 bridgehead atoms. The van der Waals surface area contributed by atoms with Crippen LogP contribution in [0.4, 0.5) is 4.39 Å². The number of benzene rings is 2. The highest BCUT2D eigenvalue weighted by molar-refractivity contribution is 6.31. The zero-order chi connectivity index (χ0) is 13.8. The highest BCUT2D eigenvalue weighted by Gasteiger charge is 2.23. The van der Waals surface area contributed by atoms with Crippen molar-refractivity contribution in [2.24, 2.45) is 5.73 Å². The van der Waals surface area contributed by atoms with Gasteiger partial charge < -0.3 is 10.8 Å². The molecule has 0 saturated carbocycles. The third kappa shape index (κ3) is 3.13. The van der Waals surface area contributed by atoms with E-state index in [9.17, 15) is 9.50 Å². The van der Waals surface area contributed by atoms with Crippen LogP contribution in [-0.2, 0) is 0 Å². The lowest BCUT2D eigenvalue weighted by Crippen LogP contribution is -2.20. The van der Waals surface area contributed by atoms with Gasteiger partial charge in [-0.15, -0.1) is 0 Å². The summed E-state index contributed by atoms with van der Waals surface area (Å²) >= 11 is 6.03. The Morgan fingerprint density at radius 1 is 1.16 bits per heavy atom. The lowest BCUT2D eigenvalue weighted by molar-refractivity contribution is 0.147. The Balaban J connectivity index is 2.34. The van der Waals surface area contributed by atoms with Gasteiger partial charge in [0.1, 0.15) is 5.82 Å². The van der Waals surface area contributed by atoms with E-state index in [4.69, 9.17) is 17.3 Å². The molecule has 0 spiro atoms. The normalized spacial score (nSPS) is 14.1. The second kappa shape index (κ2) is 6.15. The fraction of sp³-hybridized carbons (Fsp3) is 0.200. The lowest BCUT2D eigenvalue weighted by atomic mass is 9.89. The van der Waals surface area contributed by atoms with E-state index in [-0.39, 0.29) is 17.5 Å². The van der Waals surface area contributed by atoms with E-state index >= 15 is 0 Å². The van der Waals surface area contributed by atoms with E-state index in [1.165, 1.54) is 12.1 Å². The number of aliphatic hydroxyl groups is 1. The average Bonchev–Trinajstić information content (AvgIpc) is 2.42. The van der Waals surface area contributed by atoms with Gasteiger partial charge in [0, 0.05) is 17.5 Å². The SMILES string of the molecule is NCC(c1ccc(F)cc1Cl)C(O)c1ccccc1. The summed E-state index contributed by atoms with van der Waals surface area (Å²) in [4.78, 5) is 0. The zero-order valence-electron chi connectivity index (χ0n) is 10.3. The number of aliphatic hydroxyl groups excluding tert-OH is 1. The molecule has 0 aliphatic carbocycles. The minimum Gasteiger partial charge on any atom is -0.388 e. The molecule has 2 aromatic rings. The molecule has 19 heavy (non-hydrogen) atoms. The van der Waals surface area contributed by atoms with Crippen molar-refractivity contribution in [1.29, 1.82) is 0 Å². The first kappa shape index (κ1) is 14.0. The highest BCUT2D eigenvalue weighted by atomic mass is 35.5. The predicted octanol–water partition coefficient (Wildman–Crippen LogP) is 3.26. The van der Waals surface area contributed by atoms with Gasteiger partial charge in [-0.25, -0.2) is 4.39 Å². The van der Waals surface area contributed by atoms with Gasteiger partial charge in [0.15, 0.2) is 0 Å². The Hall–Kier alpha value is -1.42. The van der Waals surface area contributed by atoms with E-state index in [0.717, 1.165) is 5.56 Å². The average molecular weight is 280 g/mol. The molecule has 0 fully saturated rings. The van der Waals surface area contributed by atoms with Gasteiger partial charge in [0.05, 0.1) is 6.10 Å². The van der Waals surface area contributed by atoms with Crippen molar-refractivity contribution in [3.8, 4) is 0 Å². The first-order valence-corrected chi connectivity index (χ1v) is 6.39. The monoisotopic (exact) mass is 279 g/mol. The Labute approximate surface area is 116 Å². The molecule has 2 unspecified atom stereocenters. The first-order valence-electron chi connectivity index (χ1n) is 6.01. The minimum absolute atomic E-state index is 0.224. The molecular formula is C15H15ClFNO. The summed E-state index contributed by atoms with van der Waals surface area (Å²) in [6, 6.07) is 13.3. The molecule has 100 valence electrons. The van der Waals surface area contributed by atoms with Crippen molar-refractivity contribution in [1.82, 2.24) is 0 Å². The van der Waals surface area contributed by atoms with Gasteiger partial charge in [-0.2, -0.15) is 0 Å². The molecule has 2 nitrogen and oxygen atoms in total. The fourth-order valence-corrected chi connectivity index (χ4v) is 2.42. The molecule has 2 atom stereocenters. The predicted molar refractivity (Wildman–Crippen MR) is 74.6 cm³/mol. The van der Waals surface area contributed by atoms with Gasteiger partial charge in [0.2, 0.25) is 0 Å². The zero-order valence-corrected chi connectivity index (χ0v) is 11.0. The maximum atomic E-state index is 13.1. The van der Waals surface area contributed by atoms with Crippen molar-refractivity contribution in [3.05, 3.63) is 70.5 Å². The molecule has 0 aliphatic rings. The van der Waals surface area contributed by atoms with Crippen LogP contribution in [0.5, 0.6) is 0 Å².